The van der Waals surface area contributed by atoms with E-state index in [9.17, 15) is 0 Å². The number of methoxy groups -OCH3 is 2. The summed E-state index contributed by atoms with van der Waals surface area (Å²) in [6.07, 6.45) is 0. The van der Waals surface area contributed by atoms with Crippen LogP contribution >= 0.6 is 0 Å². The lowest BCUT2D eigenvalue weighted by Gasteiger charge is -2.11. The topological polar surface area (TPSA) is 51.5 Å². The van der Waals surface area contributed by atoms with E-state index in [2.05, 4.69) is 0 Å². The van der Waals surface area contributed by atoms with Crippen LogP contribution in [0.2, 0.25) is 0 Å². The van der Waals surface area contributed by atoms with Crippen molar-refractivity contribution in [1.82, 2.24) is 0 Å². The smallest absolute Gasteiger partial charge is 0.178 e. The molecule has 0 aliphatic carbocycles. The first-order chi connectivity index (χ1) is 7.26. The molecule has 15 heavy (non-hydrogen) atoms. The number of nitriles is 1. The highest BCUT2D eigenvalue weighted by Gasteiger charge is 2.12. The van der Waals surface area contributed by atoms with Crippen molar-refractivity contribution in [3.63, 3.8) is 0 Å². The second kappa shape index (κ2) is 5.11. The van der Waals surface area contributed by atoms with Gasteiger partial charge < -0.3 is 14.2 Å². The molecular weight excluding hydrogens is 194 g/mol. The van der Waals surface area contributed by atoms with Crippen LogP contribution in [0, 0.1) is 11.3 Å². The minimum absolute atomic E-state index is 0.403. The third kappa shape index (κ3) is 2.32. The number of hydrogen-bond acceptors (Lipinski definition) is 4. The molecule has 0 atom stereocenters. The van der Waals surface area contributed by atoms with E-state index in [1.165, 1.54) is 14.2 Å². The number of hydrogen-bond donors (Lipinski definition) is 0. The molecule has 0 unspecified atom stereocenters. The van der Waals surface area contributed by atoms with Crippen molar-refractivity contribution in [3.05, 3.63) is 17.7 Å². The zero-order valence-corrected chi connectivity index (χ0v) is 9.03. The van der Waals surface area contributed by atoms with Crippen LogP contribution in [0.4, 0.5) is 0 Å². The molecule has 0 amide bonds. The van der Waals surface area contributed by atoms with Crippen LogP contribution in [0.3, 0.4) is 0 Å². The Hall–Kier alpha value is -1.89. The predicted octanol–water partition coefficient (Wildman–Crippen LogP) is 1.97. The van der Waals surface area contributed by atoms with Crippen molar-refractivity contribution in [3.8, 4) is 23.3 Å². The van der Waals surface area contributed by atoms with Gasteiger partial charge >= 0.3 is 0 Å². The zero-order chi connectivity index (χ0) is 11.3. The van der Waals surface area contributed by atoms with E-state index in [1.807, 2.05) is 13.0 Å². The minimum Gasteiger partial charge on any atom is -0.494 e. The van der Waals surface area contributed by atoms with Crippen LogP contribution in [0.25, 0.3) is 0 Å². The van der Waals surface area contributed by atoms with E-state index >= 15 is 0 Å². The molecule has 0 radical (unpaired) electrons. The third-order valence-corrected chi connectivity index (χ3v) is 1.88. The van der Waals surface area contributed by atoms with Crippen LogP contribution < -0.4 is 14.2 Å². The lowest BCUT2D eigenvalue weighted by Crippen LogP contribution is -1.97. The molecule has 1 rings (SSSR count). The summed E-state index contributed by atoms with van der Waals surface area (Å²) in [5.41, 5.74) is 0.403. The normalized spacial score (nSPS) is 9.20. The van der Waals surface area contributed by atoms with Gasteiger partial charge in [0.25, 0.3) is 0 Å². The first-order valence-corrected chi connectivity index (χ1v) is 4.55. The number of rotatable bonds is 4. The Bertz CT molecular complexity index is 382. The number of nitrogens with zero attached hydrogens (tertiary/aromatic N) is 1. The maximum Gasteiger partial charge on any atom is 0.178 e. The van der Waals surface area contributed by atoms with Gasteiger partial charge in [-0.25, -0.2) is 0 Å². The fourth-order valence-corrected chi connectivity index (χ4v) is 1.27. The van der Waals surface area contributed by atoms with Gasteiger partial charge in [-0.3, -0.25) is 0 Å². The molecule has 1 aromatic rings. The highest BCUT2D eigenvalue weighted by Crippen LogP contribution is 2.34. The van der Waals surface area contributed by atoms with Crippen LogP contribution in [-0.4, -0.2) is 20.8 Å². The third-order valence-electron chi connectivity index (χ3n) is 1.88. The van der Waals surface area contributed by atoms with E-state index < -0.39 is 0 Å². The average Bonchev–Trinajstić information content (AvgIpc) is 2.28. The summed E-state index contributed by atoms with van der Waals surface area (Å²) in [5, 5.41) is 8.92. The fourth-order valence-electron chi connectivity index (χ4n) is 1.27. The standard InChI is InChI=1S/C11H13NO3/c1-4-15-9-5-8(7-12)11(14-3)10(6-9)13-2/h5-6H,4H2,1-3H3. The summed E-state index contributed by atoms with van der Waals surface area (Å²) >= 11 is 0. The van der Waals surface area contributed by atoms with Gasteiger partial charge in [0.15, 0.2) is 11.5 Å². The van der Waals surface area contributed by atoms with Gasteiger partial charge in [-0.1, -0.05) is 0 Å². The predicted molar refractivity (Wildman–Crippen MR) is 55.4 cm³/mol. The van der Waals surface area contributed by atoms with Gasteiger partial charge in [0.05, 0.1) is 20.8 Å². The van der Waals surface area contributed by atoms with Gasteiger partial charge in [0.1, 0.15) is 17.4 Å². The van der Waals surface area contributed by atoms with Crippen LogP contribution in [0.5, 0.6) is 17.2 Å². The van der Waals surface area contributed by atoms with E-state index in [0.717, 1.165) is 0 Å². The van der Waals surface area contributed by atoms with Crippen molar-refractivity contribution in [2.45, 2.75) is 6.92 Å². The highest BCUT2D eigenvalue weighted by molar-refractivity contribution is 5.56. The lowest BCUT2D eigenvalue weighted by atomic mass is 10.2. The second-order valence-corrected chi connectivity index (χ2v) is 2.75. The van der Waals surface area contributed by atoms with Crippen molar-refractivity contribution in [1.29, 1.82) is 5.26 Å². The molecule has 0 saturated carbocycles. The average molecular weight is 207 g/mol. The molecule has 0 aliphatic heterocycles. The fraction of sp³-hybridized carbons (Fsp3) is 0.364. The zero-order valence-electron chi connectivity index (χ0n) is 9.03. The molecule has 0 N–H and O–H groups in total. The van der Waals surface area contributed by atoms with Gasteiger partial charge in [0, 0.05) is 12.1 Å². The molecule has 1 aromatic carbocycles. The van der Waals surface area contributed by atoms with Gasteiger partial charge in [-0.2, -0.15) is 5.26 Å². The van der Waals surface area contributed by atoms with E-state index in [0.29, 0.717) is 29.4 Å². The summed E-state index contributed by atoms with van der Waals surface area (Å²) in [4.78, 5) is 0. The second-order valence-electron chi connectivity index (χ2n) is 2.75. The Morgan fingerprint density at radius 2 is 2.00 bits per heavy atom. The Morgan fingerprint density at radius 1 is 1.27 bits per heavy atom. The first kappa shape index (κ1) is 11.2. The monoisotopic (exact) mass is 207 g/mol. The van der Waals surface area contributed by atoms with Gasteiger partial charge in [0.2, 0.25) is 0 Å². The lowest BCUT2D eigenvalue weighted by molar-refractivity contribution is 0.327. The maximum atomic E-state index is 8.92. The van der Waals surface area contributed by atoms with Crippen LogP contribution in [0.15, 0.2) is 12.1 Å². The molecule has 80 valence electrons. The van der Waals surface area contributed by atoms with Crippen molar-refractivity contribution in [2.75, 3.05) is 20.8 Å². The highest BCUT2D eigenvalue weighted by atomic mass is 16.5. The summed E-state index contributed by atoms with van der Waals surface area (Å²) in [7, 11) is 3.02. The summed E-state index contributed by atoms with van der Waals surface area (Å²) in [6.45, 7) is 2.42. The molecular formula is C11H13NO3. The van der Waals surface area contributed by atoms with Crippen molar-refractivity contribution >= 4 is 0 Å². The first-order valence-electron chi connectivity index (χ1n) is 4.55. The Morgan fingerprint density at radius 3 is 2.47 bits per heavy atom. The quantitative estimate of drug-likeness (QED) is 0.757. The minimum atomic E-state index is 0.403. The molecule has 4 nitrogen and oxygen atoms in total. The van der Waals surface area contributed by atoms with E-state index in [1.54, 1.807) is 12.1 Å². The van der Waals surface area contributed by atoms with E-state index in [4.69, 9.17) is 19.5 Å². The molecule has 4 heteroatoms. The van der Waals surface area contributed by atoms with E-state index in [-0.39, 0.29) is 0 Å². The molecule has 0 spiro atoms. The molecule has 0 aliphatic rings. The van der Waals surface area contributed by atoms with Crippen LogP contribution in [-0.2, 0) is 0 Å². The van der Waals surface area contributed by atoms with Crippen molar-refractivity contribution in [2.24, 2.45) is 0 Å². The molecule has 0 bridgehead atoms. The van der Waals surface area contributed by atoms with Crippen LogP contribution in [0.1, 0.15) is 12.5 Å². The summed E-state index contributed by atoms with van der Waals surface area (Å²) < 4.78 is 15.5. The Balaban J connectivity index is 3.24. The summed E-state index contributed by atoms with van der Waals surface area (Å²) in [5.74, 6) is 1.54. The number of benzene rings is 1. The van der Waals surface area contributed by atoms with Gasteiger partial charge in [-0.15, -0.1) is 0 Å². The SMILES string of the molecule is CCOc1cc(C#N)c(OC)c(OC)c1. The molecule has 0 heterocycles. The molecule has 0 saturated heterocycles. The maximum absolute atomic E-state index is 8.92. The largest absolute Gasteiger partial charge is 0.494 e. The molecule has 0 fully saturated rings. The molecule has 0 aromatic heterocycles. The van der Waals surface area contributed by atoms with Crippen molar-refractivity contribution < 1.29 is 14.2 Å². The summed E-state index contributed by atoms with van der Waals surface area (Å²) in [6, 6.07) is 5.36. The Labute approximate surface area is 89.0 Å². The Kier molecular flexibility index (Phi) is 3.81. The van der Waals surface area contributed by atoms with Gasteiger partial charge in [-0.05, 0) is 6.92 Å². The number of ether oxygens (including phenoxy) is 3.